The van der Waals surface area contributed by atoms with Crippen LogP contribution < -0.4 is 9.47 Å². The zero-order valence-corrected chi connectivity index (χ0v) is 25.4. The lowest BCUT2D eigenvalue weighted by atomic mass is 9.98. The Kier molecular flexibility index (Phi) is 11.2. The first-order chi connectivity index (χ1) is 21.2. The van der Waals surface area contributed by atoms with Gasteiger partial charge in [-0.2, -0.15) is 0 Å². The van der Waals surface area contributed by atoms with Gasteiger partial charge >= 0.3 is 17.9 Å². The van der Waals surface area contributed by atoms with Crippen molar-refractivity contribution in [1.82, 2.24) is 0 Å². The van der Waals surface area contributed by atoms with Crippen LogP contribution in [0.2, 0.25) is 0 Å². The van der Waals surface area contributed by atoms with E-state index in [1.807, 2.05) is 60.7 Å². The number of thioether (sulfide) groups is 1. The van der Waals surface area contributed by atoms with Crippen LogP contribution in [-0.4, -0.2) is 49.9 Å². The van der Waals surface area contributed by atoms with Gasteiger partial charge < -0.3 is 28.8 Å². The van der Waals surface area contributed by atoms with E-state index in [2.05, 4.69) is 24.8 Å². The third kappa shape index (κ3) is 8.30. The minimum atomic E-state index is -0.777. The third-order valence-electron chi connectivity index (χ3n) is 6.91. The Morgan fingerprint density at radius 1 is 0.932 bits per heavy atom. The summed E-state index contributed by atoms with van der Waals surface area (Å²) in [5, 5.41) is 11.0. The number of hydrogen-bond acceptors (Lipinski definition) is 10. The highest BCUT2D eigenvalue weighted by Crippen LogP contribution is 2.47. The monoisotopic (exact) mass is 618 g/mol. The van der Waals surface area contributed by atoms with Crippen molar-refractivity contribution in [3.05, 3.63) is 102 Å². The Hall–Kier alpha value is -4.54. The van der Waals surface area contributed by atoms with Gasteiger partial charge in [0.15, 0.2) is 6.61 Å². The average molecular weight is 619 g/mol. The second kappa shape index (κ2) is 15.3. The van der Waals surface area contributed by atoms with Gasteiger partial charge in [-0.25, -0.2) is 9.59 Å². The SMILES string of the molecule is C=COC(=O)COc1ccc2c(c1)C(C)c1cc(C(O)Sc3ccc(OCCCOC(=O)C(=C)CC(=O)OC)cc3)ccc1-2. The fourth-order valence-electron chi connectivity index (χ4n) is 4.66. The minimum absolute atomic E-state index is 0.0400. The number of rotatable bonds is 15. The molecular weight excluding hydrogens is 584 g/mol. The molecule has 4 rings (SSSR count). The lowest BCUT2D eigenvalue weighted by Gasteiger charge is -2.14. The van der Waals surface area contributed by atoms with E-state index in [-0.39, 0.29) is 31.1 Å². The molecule has 2 atom stereocenters. The van der Waals surface area contributed by atoms with Crippen LogP contribution in [0, 0.1) is 0 Å². The maximum Gasteiger partial charge on any atom is 0.348 e. The molecule has 9 nitrogen and oxygen atoms in total. The van der Waals surface area contributed by atoms with Crippen molar-refractivity contribution in [2.45, 2.75) is 36.0 Å². The predicted molar refractivity (Wildman–Crippen MR) is 165 cm³/mol. The zero-order valence-electron chi connectivity index (χ0n) is 24.6. The summed E-state index contributed by atoms with van der Waals surface area (Å²) in [5.74, 6) is -0.398. The number of esters is 3. The average Bonchev–Trinajstić information content (AvgIpc) is 3.30. The Balaban J connectivity index is 1.26. The second-order valence-corrected chi connectivity index (χ2v) is 11.1. The van der Waals surface area contributed by atoms with Crippen LogP contribution in [-0.2, 0) is 28.6 Å². The molecule has 0 radical (unpaired) electrons. The lowest BCUT2D eigenvalue weighted by Crippen LogP contribution is -2.13. The summed E-state index contributed by atoms with van der Waals surface area (Å²) in [5.41, 5.74) is 4.46. The number of carbonyl (C=O) groups is 3. The van der Waals surface area contributed by atoms with Gasteiger partial charge in [0.05, 0.1) is 33.0 Å². The molecule has 0 amide bonds. The standard InChI is InChI=1S/C34H34O9S/c1-5-40-32(36)20-43-25-10-14-28-27-13-7-23(18-29(27)22(3)30(28)19-25)34(38)44-26-11-8-24(9-12-26)41-15-6-16-42-33(37)21(2)17-31(35)39-4/h5,7-14,18-19,22,34,38H,1-2,6,15-17,20H2,3-4H3. The highest BCUT2D eigenvalue weighted by atomic mass is 32.2. The number of benzene rings is 3. The van der Waals surface area contributed by atoms with E-state index in [9.17, 15) is 19.5 Å². The first-order valence-corrected chi connectivity index (χ1v) is 14.8. The molecule has 0 bridgehead atoms. The first kappa shape index (κ1) is 32.4. The molecule has 3 aromatic carbocycles. The summed E-state index contributed by atoms with van der Waals surface area (Å²) in [6.07, 6.45) is 1.33. The second-order valence-electron chi connectivity index (χ2n) is 9.90. The van der Waals surface area contributed by atoms with Crippen LogP contribution in [0.4, 0.5) is 0 Å². The molecule has 44 heavy (non-hydrogen) atoms. The van der Waals surface area contributed by atoms with E-state index in [1.54, 1.807) is 0 Å². The number of methoxy groups -OCH3 is 1. The topological polar surface area (TPSA) is 118 Å². The molecule has 1 N–H and O–H groups in total. The van der Waals surface area contributed by atoms with Crippen molar-refractivity contribution in [3.8, 4) is 22.6 Å². The molecule has 0 aliphatic heterocycles. The van der Waals surface area contributed by atoms with Gasteiger partial charge in [0.25, 0.3) is 0 Å². The van der Waals surface area contributed by atoms with Crippen molar-refractivity contribution in [3.63, 3.8) is 0 Å². The largest absolute Gasteiger partial charge is 0.493 e. The summed E-state index contributed by atoms with van der Waals surface area (Å²) in [7, 11) is 1.24. The Labute approximate surface area is 260 Å². The normalized spacial score (nSPS) is 13.6. The molecule has 0 heterocycles. The number of hydrogen-bond donors (Lipinski definition) is 1. The lowest BCUT2D eigenvalue weighted by molar-refractivity contribution is -0.144. The van der Waals surface area contributed by atoms with Gasteiger partial charge in [-0.15, -0.1) is 0 Å². The van der Waals surface area contributed by atoms with Crippen molar-refractivity contribution in [1.29, 1.82) is 0 Å². The van der Waals surface area contributed by atoms with Crippen LogP contribution in [0.25, 0.3) is 11.1 Å². The van der Waals surface area contributed by atoms with Crippen molar-refractivity contribution < 1.29 is 43.2 Å². The Morgan fingerprint density at radius 3 is 2.32 bits per heavy atom. The van der Waals surface area contributed by atoms with Crippen molar-refractivity contribution in [2.24, 2.45) is 0 Å². The van der Waals surface area contributed by atoms with Crippen LogP contribution in [0.1, 0.15) is 47.8 Å². The summed E-state index contributed by atoms with van der Waals surface area (Å²) < 4.78 is 25.6. The van der Waals surface area contributed by atoms with E-state index < -0.39 is 23.3 Å². The number of aliphatic hydroxyl groups excluding tert-OH is 1. The van der Waals surface area contributed by atoms with Crippen LogP contribution in [0.3, 0.4) is 0 Å². The fraction of sp³-hybridized carbons (Fsp3) is 0.265. The molecule has 0 spiro atoms. The van der Waals surface area contributed by atoms with Crippen LogP contribution in [0.5, 0.6) is 11.5 Å². The molecule has 1 aliphatic rings. The molecule has 2 unspecified atom stereocenters. The Morgan fingerprint density at radius 2 is 1.61 bits per heavy atom. The number of fused-ring (bicyclic) bond motifs is 3. The molecule has 230 valence electrons. The summed E-state index contributed by atoms with van der Waals surface area (Å²) >= 11 is 1.33. The summed E-state index contributed by atoms with van der Waals surface area (Å²) in [4.78, 5) is 35.5. The molecule has 0 saturated carbocycles. The van der Waals surface area contributed by atoms with E-state index in [0.29, 0.717) is 24.5 Å². The van der Waals surface area contributed by atoms with Crippen LogP contribution in [0.15, 0.2) is 90.6 Å². The third-order valence-corrected chi connectivity index (χ3v) is 7.95. The molecule has 10 heteroatoms. The number of aliphatic hydroxyl groups is 1. The van der Waals surface area contributed by atoms with E-state index in [4.69, 9.17) is 18.9 Å². The molecular formula is C34H34O9S. The highest BCUT2D eigenvalue weighted by molar-refractivity contribution is 7.99. The first-order valence-electron chi connectivity index (χ1n) is 13.9. The van der Waals surface area contributed by atoms with Crippen LogP contribution >= 0.6 is 11.8 Å². The molecule has 1 aliphatic carbocycles. The summed E-state index contributed by atoms with van der Waals surface area (Å²) in [6.45, 7) is 9.26. The molecule has 0 aromatic heterocycles. The van der Waals surface area contributed by atoms with E-state index >= 15 is 0 Å². The number of ether oxygens (including phenoxy) is 5. The maximum absolute atomic E-state index is 11.8. The van der Waals surface area contributed by atoms with Gasteiger partial charge in [-0.05, 0) is 64.2 Å². The van der Waals surface area contributed by atoms with E-state index in [0.717, 1.165) is 39.0 Å². The molecule has 3 aromatic rings. The maximum atomic E-state index is 11.8. The molecule has 0 saturated heterocycles. The zero-order chi connectivity index (χ0) is 31.6. The van der Waals surface area contributed by atoms with Gasteiger partial charge in [-0.3, -0.25) is 4.79 Å². The predicted octanol–water partition coefficient (Wildman–Crippen LogP) is 6.10. The van der Waals surface area contributed by atoms with Gasteiger partial charge in [-0.1, -0.05) is 56.1 Å². The smallest absolute Gasteiger partial charge is 0.348 e. The fourth-order valence-corrected chi connectivity index (χ4v) is 5.49. The molecule has 0 fully saturated rings. The van der Waals surface area contributed by atoms with E-state index in [1.165, 1.54) is 18.9 Å². The highest BCUT2D eigenvalue weighted by Gasteiger charge is 2.27. The quantitative estimate of drug-likeness (QED) is 0.0407. The summed E-state index contributed by atoms with van der Waals surface area (Å²) in [6, 6.07) is 19.1. The number of carbonyl (C=O) groups excluding carboxylic acids is 3. The Bertz CT molecular complexity index is 1530. The van der Waals surface area contributed by atoms with Gasteiger partial charge in [0.1, 0.15) is 16.9 Å². The van der Waals surface area contributed by atoms with Gasteiger partial charge in [0, 0.05) is 22.8 Å². The van der Waals surface area contributed by atoms with Crippen molar-refractivity contribution >= 4 is 29.7 Å². The van der Waals surface area contributed by atoms with Crippen molar-refractivity contribution in [2.75, 3.05) is 26.9 Å². The van der Waals surface area contributed by atoms with Gasteiger partial charge in [0.2, 0.25) is 0 Å². The minimum Gasteiger partial charge on any atom is -0.493 e.